The molecule has 43 heavy (non-hydrogen) atoms. The average Bonchev–Trinajstić information content (AvgIpc) is 3.44. The normalized spacial score (nSPS) is 25.4. The Bertz CT molecular complexity index is 1400. The maximum absolute atomic E-state index is 14.8. The molecule has 0 spiro atoms. The highest BCUT2D eigenvalue weighted by Crippen LogP contribution is 2.56. The molecule has 1 N–H and O–H groups in total. The van der Waals surface area contributed by atoms with E-state index in [1.165, 1.54) is 18.1 Å². The predicted molar refractivity (Wildman–Crippen MR) is 152 cm³/mol. The Morgan fingerprint density at radius 3 is 2.21 bits per heavy atom. The standard InChI is InChI=1S/C31H37ClF3N3O5/c1-28(2)9-7-19(8-10-28)37(18-22(39)24-21(32)5-4-6-23(24)43-3)26(40)20-17-36-38(25(20)31(33,34)35)30-14-11-29(12-15-30,13-16-30)27(41)42/h4-6,17,19H,7-16,18H2,1-3H3,(H,41,42). The molecular formula is C31H37ClF3N3O5. The number of carboxylic acid groups (broad SMARTS) is 1. The first-order valence-corrected chi connectivity index (χ1v) is 15.1. The number of Topliss-reactive ketones (excluding diaryl/α,β-unsaturated/α-hetero) is 1. The first kappa shape index (κ1) is 31.3. The number of ether oxygens (including phenoxy) is 1. The lowest BCUT2D eigenvalue weighted by atomic mass is 9.57. The number of aliphatic carboxylic acids is 1. The van der Waals surface area contributed by atoms with Crippen LogP contribution in [0.5, 0.6) is 5.75 Å². The molecule has 1 aromatic heterocycles. The van der Waals surface area contributed by atoms with Crippen LogP contribution in [0.2, 0.25) is 5.02 Å². The second kappa shape index (κ2) is 11.1. The lowest BCUT2D eigenvalue weighted by Crippen LogP contribution is -2.52. The van der Waals surface area contributed by atoms with Gasteiger partial charge in [0, 0.05) is 6.04 Å². The van der Waals surface area contributed by atoms with Crippen molar-refractivity contribution in [2.75, 3.05) is 13.7 Å². The number of carbonyl (C=O) groups excluding carboxylic acids is 2. The van der Waals surface area contributed by atoms with Crippen LogP contribution in [0.15, 0.2) is 24.4 Å². The summed E-state index contributed by atoms with van der Waals surface area (Å²) >= 11 is 6.34. The summed E-state index contributed by atoms with van der Waals surface area (Å²) in [6.07, 6.45) is 0.0279. The summed E-state index contributed by atoms with van der Waals surface area (Å²) < 4.78 is 50.8. The third-order valence-corrected chi connectivity index (χ3v) is 10.5. The van der Waals surface area contributed by atoms with Crippen molar-refractivity contribution >= 4 is 29.3 Å². The van der Waals surface area contributed by atoms with Gasteiger partial charge in [0.15, 0.2) is 11.5 Å². The van der Waals surface area contributed by atoms with E-state index in [1.54, 1.807) is 12.1 Å². The number of fused-ring (bicyclic) bond motifs is 3. The molecule has 6 rings (SSSR count). The molecule has 4 saturated carbocycles. The summed E-state index contributed by atoms with van der Waals surface area (Å²) in [6, 6.07) is 4.24. The van der Waals surface area contributed by atoms with Crippen LogP contribution in [0, 0.1) is 10.8 Å². The predicted octanol–water partition coefficient (Wildman–Crippen LogP) is 6.99. The number of hydrogen-bond acceptors (Lipinski definition) is 5. The highest BCUT2D eigenvalue weighted by atomic mass is 35.5. The Hall–Kier alpha value is -3.08. The molecule has 4 aliphatic rings. The molecule has 12 heteroatoms. The van der Waals surface area contributed by atoms with Gasteiger partial charge in [-0.05, 0) is 81.8 Å². The zero-order chi connectivity index (χ0) is 31.4. The minimum atomic E-state index is -4.91. The zero-order valence-electron chi connectivity index (χ0n) is 24.6. The number of ketones is 1. The number of benzene rings is 1. The van der Waals surface area contributed by atoms with E-state index in [2.05, 4.69) is 18.9 Å². The van der Waals surface area contributed by atoms with E-state index in [0.29, 0.717) is 12.8 Å². The van der Waals surface area contributed by atoms with E-state index in [1.807, 2.05) is 0 Å². The average molecular weight is 624 g/mol. The highest BCUT2D eigenvalue weighted by Gasteiger charge is 2.56. The molecule has 0 atom stereocenters. The van der Waals surface area contributed by atoms with Gasteiger partial charge in [0.25, 0.3) is 5.91 Å². The van der Waals surface area contributed by atoms with Gasteiger partial charge in [0.1, 0.15) is 5.75 Å². The summed E-state index contributed by atoms with van der Waals surface area (Å²) in [6.45, 7) is 3.74. The van der Waals surface area contributed by atoms with Crippen LogP contribution in [0.4, 0.5) is 13.2 Å². The maximum Gasteiger partial charge on any atom is 0.433 e. The van der Waals surface area contributed by atoms with Crippen LogP contribution in [0.25, 0.3) is 0 Å². The number of halogens is 4. The van der Waals surface area contributed by atoms with Crippen molar-refractivity contribution in [3.8, 4) is 5.75 Å². The van der Waals surface area contributed by atoms with Crippen molar-refractivity contribution in [1.29, 1.82) is 0 Å². The fourth-order valence-corrected chi connectivity index (χ4v) is 7.61. The molecule has 2 aromatic rings. The van der Waals surface area contributed by atoms with E-state index in [4.69, 9.17) is 16.3 Å². The van der Waals surface area contributed by atoms with E-state index < -0.39 is 58.6 Å². The number of nitrogens with zero attached hydrogens (tertiary/aromatic N) is 3. The molecular weight excluding hydrogens is 587 g/mol. The van der Waals surface area contributed by atoms with E-state index >= 15 is 0 Å². The van der Waals surface area contributed by atoms with E-state index in [9.17, 15) is 32.7 Å². The summed E-state index contributed by atoms with van der Waals surface area (Å²) in [5, 5.41) is 14.0. The first-order chi connectivity index (χ1) is 20.1. The number of alkyl halides is 3. The monoisotopic (exact) mass is 623 g/mol. The van der Waals surface area contributed by atoms with Gasteiger partial charge in [-0.1, -0.05) is 31.5 Å². The highest BCUT2D eigenvalue weighted by molar-refractivity contribution is 6.34. The van der Waals surface area contributed by atoms with E-state index in [0.717, 1.165) is 23.7 Å². The topological polar surface area (TPSA) is 102 Å². The van der Waals surface area contributed by atoms with Crippen molar-refractivity contribution in [2.24, 2.45) is 10.8 Å². The molecule has 1 amide bonds. The molecule has 0 radical (unpaired) electrons. The fourth-order valence-electron chi connectivity index (χ4n) is 7.34. The van der Waals surface area contributed by atoms with Gasteiger partial charge in [-0.15, -0.1) is 0 Å². The molecule has 8 nitrogen and oxygen atoms in total. The third-order valence-electron chi connectivity index (χ3n) is 10.2. The third kappa shape index (κ3) is 5.65. The minimum absolute atomic E-state index is 0.00942. The fraction of sp³-hybridized carbons (Fsp3) is 0.613. The Kier molecular flexibility index (Phi) is 8.11. The Morgan fingerprint density at radius 2 is 1.67 bits per heavy atom. The summed E-state index contributed by atoms with van der Waals surface area (Å²) in [4.78, 5) is 41.0. The van der Waals surface area contributed by atoms with Crippen LogP contribution >= 0.6 is 11.6 Å². The molecule has 2 bridgehead atoms. The van der Waals surface area contributed by atoms with Gasteiger partial charge < -0.3 is 14.7 Å². The molecule has 0 unspecified atom stereocenters. The van der Waals surface area contributed by atoms with Gasteiger partial charge in [0.05, 0.1) is 47.0 Å². The van der Waals surface area contributed by atoms with Crippen molar-refractivity contribution in [2.45, 2.75) is 95.8 Å². The van der Waals surface area contributed by atoms with E-state index in [-0.39, 0.29) is 60.3 Å². The number of carboxylic acids is 1. The SMILES string of the molecule is COc1cccc(Cl)c1C(=O)CN(C(=O)c1cnn(C23CCC(C(=O)O)(CC2)CC3)c1C(F)(F)F)C1CCC(C)(C)CC1. The lowest BCUT2D eigenvalue weighted by Gasteiger charge is -2.51. The first-order valence-electron chi connectivity index (χ1n) is 14.7. The molecule has 4 aliphatic carbocycles. The Balaban J connectivity index is 1.53. The smallest absolute Gasteiger partial charge is 0.433 e. The zero-order valence-corrected chi connectivity index (χ0v) is 25.4. The van der Waals surface area contributed by atoms with Gasteiger partial charge >= 0.3 is 12.1 Å². The molecule has 1 aromatic carbocycles. The van der Waals surface area contributed by atoms with Gasteiger partial charge in [-0.2, -0.15) is 18.3 Å². The van der Waals surface area contributed by atoms with Crippen molar-refractivity contribution < 1.29 is 37.4 Å². The lowest BCUT2D eigenvalue weighted by molar-refractivity contribution is -0.163. The molecule has 1 heterocycles. The van der Waals surface area contributed by atoms with Crippen LogP contribution in [0.1, 0.15) is 104 Å². The van der Waals surface area contributed by atoms with Gasteiger partial charge in [-0.25, -0.2) is 0 Å². The van der Waals surface area contributed by atoms with Gasteiger partial charge in [-0.3, -0.25) is 19.1 Å². The maximum atomic E-state index is 14.8. The Morgan fingerprint density at radius 1 is 1.07 bits per heavy atom. The minimum Gasteiger partial charge on any atom is -0.496 e. The van der Waals surface area contributed by atoms with Crippen LogP contribution in [0.3, 0.4) is 0 Å². The second-order valence-electron chi connectivity index (χ2n) is 13.2. The molecule has 0 aliphatic heterocycles. The van der Waals surface area contributed by atoms with Crippen molar-refractivity contribution in [1.82, 2.24) is 14.7 Å². The number of hydrogen-bond donors (Lipinski definition) is 1. The number of methoxy groups -OCH3 is 1. The Labute approximate surface area is 253 Å². The number of amides is 1. The molecule has 4 fully saturated rings. The summed E-state index contributed by atoms with van der Waals surface area (Å²) in [7, 11) is 1.38. The number of rotatable bonds is 8. The second-order valence-corrected chi connectivity index (χ2v) is 13.6. The largest absolute Gasteiger partial charge is 0.496 e. The molecule has 0 saturated heterocycles. The summed E-state index contributed by atoms with van der Waals surface area (Å²) in [5.74, 6) is -2.15. The van der Waals surface area contributed by atoms with Crippen molar-refractivity contribution in [3.05, 3.63) is 46.2 Å². The van der Waals surface area contributed by atoms with Crippen molar-refractivity contribution in [3.63, 3.8) is 0 Å². The number of carbonyl (C=O) groups is 3. The van der Waals surface area contributed by atoms with Crippen LogP contribution in [-0.4, -0.2) is 57.1 Å². The molecule has 234 valence electrons. The van der Waals surface area contributed by atoms with Gasteiger partial charge in [0.2, 0.25) is 0 Å². The summed E-state index contributed by atoms with van der Waals surface area (Å²) in [5.41, 5.74) is -3.62. The number of aromatic nitrogens is 2. The van der Waals surface area contributed by atoms with Crippen LogP contribution in [-0.2, 0) is 16.5 Å². The quantitative estimate of drug-likeness (QED) is 0.318. The van der Waals surface area contributed by atoms with Crippen LogP contribution < -0.4 is 4.74 Å².